The van der Waals surface area contributed by atoms with Gasteiger partial charge in [-0.2, -0.15) is 0 Å². The minimum Gasteiger partial charge on any atom is -0.496 e. The third-order valence-electron chi connectivity index (χ3n) is 3.74. The average Bonchev–Trinajstić information content (AvgIpc) is 3.12. The van der Waals surface area contributed by atoms with E-state index in [0.29, 0.717) is 15.0 Å². The third kappa shape index (κ3) is 3.14. The van der Waals surface area contributed by atoms with Crippen LogP contribution in [0.2, 0.25) is 0 Å². The molecule has 1 aliphatic heterocycles. The highest BCUT2D eigenvalue weighted by Crippen LogP contribution is 2.41. The topological polar surface area (TPSA) is 75.9 Å². The minimum absolute atomic E-state index is 0.0720. The first-order valence-corrected chi connectivity index (χ1v) is 9.16. The maximum atomic E-state index is 12.7. The lowest BCUT2D eigenvalue weighted by Gasteiger charge is -2.05. The highest BCUT2D eigenvalue weighted by molar-refractivity contribution is 8.19. The molecule has 2 heterocycles. The molecule has 1 aromatic heterocycles. The second kappa shape index (κ2) is 6.86. The van der Waals surface area contributed by atoms with E-state index in [4.69, 9.17) is 10.1 Å². The number of rotatable bonds is 4. The molecule has 1 aromatic carbocycles. The Kier molecular flexibility index (Phi) is 4.82. The number of Topliss-reactive ketones (excluding diaryl/α,β-unsaturated/α-hetero) is 1. The van der Waals surface area contributed by atoms with E-state index < -0.39 is 5.92 Å². The number of thioether (sulfide) groups is 1. The third-order valence-corrected chi connectivity index (χ3v) is 5.86. The van der Waals surface area contributed by atoms with Gasteiger partial charge < -0.3 is 4.74 Å². The summed E-state index contributed by atoms with van der Waals surface area (Å²) >= 11 is 2.62. The second-order valence-corrected chi connectivity index (χ2v) is 7.57. The molecule has 7 heteroatoms. The number of aryl methyl sites for hydroxylation is 2. The molecular weight excluding hydrogens is 342 g/mol. The fourth-order valence-corrected chi connectivity index (χ4v) is 4.44. The monoisotopic (exact) mass is 359 g/mol. The molecule has 0 spiro atoms. The number of carbonyl (C=O) groups excluding carboxylic acids is 1. The summed E-state index contributed by atoms with van der Waals surface area (Å²) < 4.78 is 5.26. The van der Waals surface area contributed by atoms with Gasteiger partial charge in [0.2, 0.25) is 0 Å². The van der Waals surface area contributed by atoms with Gasteiger partial charge >= 0.3 is 0 Å². The first kappa shape index (κ1) is 16.9. The van der Waals surface area contributed by atoms with Crippen LogP contribution in [-0.2, 0) is 11.2 Å². The van der Waals surface area contributed by atoms with E-state index in [0.717, 1.165) is 28.3 Å². The summed E-state index contributed by atoms with van der Waals surface area (Å²) in [5, 5.41) is 18.1. The molecule has 0 bridgehead atoms. The van der Waals surface area contributed by atoms with Crippen LogP contribution in [0.4, 0.5) is 0 Å². The largest absolute Gasteiger partial charge is 0.496 e. The number of nitrogens with one attached hydrogen (secondary N) is 1. The lowest BCUT2D eigenvalue weighted by atomic mass is 10.0. The van der Waals surface area contributed by atoms with Crippen LogP contribution in [-0.4, -0.2) is 28.1 Å². The fraction of sp³-hybridized carbons (Fsp3) is 0.294. The van der Waals surface area contributed by atoms with Crippen LogP contribution in [0, 0.1) is 12.3 Å². The number of benzene rings is 1. The molecule has 0 unspecified atom stereocenters. The normalized spacial score (nSPS) is 19.3. The smallest absolute Gasteiger partial charge is 0.186 e. The second-order valence-electron chi connectivity index (χ2n) is 5.39. The van der Waals surface area contributed by atoms with Gasteiger partial charge in [-0.15, -0.1) is 21.5 Å². The number of nitrogens with zero attached hydrogens (tertiary/aromatic N) is 2. The summed E-state index contributed by atoms with van der Waals surface area (Å²) in [7, 11) is 1.63. The molecule has 1 atom stereocenters. The molecule has 5 nitrogen and oxygen atoms in total. The predicted molar refractivity (Wildman–Crippen MR) is 98.1 cm³/mol. The number of hydrogen-bond donors (Lipinski definition) is 1. The summed E-state index contributed by atoms with van der Waals surface area (Å²) in [5.74, 6) is 0.143. The molecule has 2 aromatic rings. The number of aromatic nitrogens is 2. The van der Waals surface area contributed by atoms with Crippen molar-refractivity contribution in [2.75, 3.05) is 7.11 Å². The molecule has 0 saturated carbocycles. The van der Waals surface area contributed by atoms with Crippen molar-refractivity contribution in [1.29, 1.82) is 5.41 Å². The lowest BCUT2D eigenvalue weighted by molar-refractivity contribution is -0.114. The van der Waals surface area contributed by atoms with Gasteiger partial charge in [-0.05, 0) is 42.7 Å². The van der Waals surface area contributed by atoms with Gasteiger partial charge in [0.25, 0.3) is 0 Å². The molecular formula is C17H17N3O2S2. The van der Waals surface area contributed by atoms with Crippen molar-refractivity contribution in [3.63, 3.8) is 0 Å². The molecule has 24 heavy (non-hydrogen) atoms. The van der Waals surface area contributed by atoms with Crippen LogP contribution >= 0.6 is 23.1 Å². The maximum Gasteiger partial charge on any atom is 0.186 e. The van der Waals surface area contributed by atoms with Crippen LogP contribution in [0.1, 0.15) is 34.0 Å². The number of methoxy groups -OCH3 is 1. The van der Waals surface area contributed by atoms with E-state index in [1.807, 2.05) is 38.1 Å². The van der Waals surface area contributed by atoms with E-state index in [9.17, 15) is 4.79 Å². The van der Waals surface area contributed by atoms with E-state index in [1.165, 1.54) is 23.1 Å². The molecule has 1 N–H and O–H groups in total. The first-order valence-electron chi connectivity index (χ1n) is 7.52. The summed E-state index contributed by atoms with van der Waals surface area (Å²) in [4.78, 5) is 13.3. The van der Waals surface area contributed by atoms with E-state index in [-0.39, 0.29) is 5.78 Å². The van der Waals surface area contributed by atoms with Crippen molar-refractivity contribution in [3.05, 3.63) is 44.2 Å². The molecule has 0 amide bonds. The predicted octanol–water partition coefficient (Wildman–Crippen LogP) is 3.84. The van der Waals surface area contributed by atoms with Crippen LogP contribution in [0.25, 0.3) is 6.08 Å². The molecule has 1 fully saturated rings. The van der Waals surface area contributed by atoms with Crippen LogP contribution in [0.15, 0.2) is 23.1 Å². The molecule has 1 saturated heterocycles. The molecule has 0 radical (unpaired) electrons. The Labute approximate surface area is 148 Å². The van der Waals surface area contributed by atoms with Crippen molar-refractivity contribution in [2.45, 2.75) is 26.2 Å². The number of allylic oxidation sites excluding steroid dienone is 1. The van der Waals surface area contributed by atoms with Gasteiger partial charge in [-0.25, -0.2) is 0 Å². The van der Waals surface area contributed by atoms with E-state index >= 15 is 0 Å². The Balaban J connectivity index is 1.89. The van der Waals surface area contributed by atoms with Crippen molar-refractivity contribution < 1.29 is 9.53 Å². The number of hydrogen-bond acceptors (Lipinski definition) is 7. The molecule has 0 aliphatic carbocycles. The fourth-order valence-electron chi connectivity index (χ4n) is 2.48. The molecule has 124 valence electrons. The zero-order valence-electron chi connectivity index (χ0n) is 13.6. The summed E-state index contributed by atoms with van der Waals surface area (Å²) in [6, 6.07) is 5.76. The van der Waals surface area contributed by atoms with Crippen molar-refractivity contribution in [2.24, 2.45) is 0 Å². The highest BCUT2D eigenvalue weighted by Gasteiger charge is 2.39. The SMILES string of the molecule is CCc1nnc([C@H]2C(=N)S/C(=C\c3ccc(OC)c(C)c3)C2=O)s1. The first-order chi connectivity index (χ1) is 11.5. The average molecular weight is 359 g/mol. The van der Waals surface area contributed by atoms with Gasteiger partial charge in [0.15, 0.2) is 5.78 Å². The molecule has 1 aliphatic rings. The Bertz CT molecular complexity index is 842. The van der Waals surface area contributed by atoms with Crippen LogP contribution in [0.3, 0.4) is 0 Å². The van der Waals surface area contributed by atoms with Crippen LogP contribution < -0.4 is 4.74 Å². The Morgan fingerprint density at radius 2 is 2.17 bits per heavy atom. The van der Waals surface area contributed by atoms with E-state index in [2.05, 4.69) is 10.2 Å². The number of ether oxygens (including phenoxy) is 1. The van der Waals surface area contributed by atoms with Crippen molar-refractivity contribution in [1.82, 2.24) is 10.2 Å². The zero-order valence-corrected chi connectivity index (χ0v) is 15.3. The quantitative estimate of drug-likeness (QED) is 0.840. The minimum atomic E-state index is -0.599. The van der Waals surface area contributed by atoms with Crippen molar-refractivity contribution >= 4 is 40.0 Å². The highest BCUT2D eigenvalue weighted by atomic mass is 32.2. The van der Waals surface area contributed by atoms with Gasteiger partial charge in [-0.3, -0.25) is 10.2 Å². The van der Waals surface area contributed by atoms with Gasteiger partial charge in [0.05, 0.1) is 17.1 Å². The van der Waals surface area contributed by atoms with Crippen molar-refractivity contribution in [3.8, 4) is 5.75 Å². The number of carbonyl (C=O) groups is 1. The van der Waals surface area contributed by atoms with Gasteiger partial charge in [0.1, 0.15) is 21.7 Å². The Morgan fingerprint density at radius 1 is 1.38 bits per heavy atom. The summed E-state index contributed by atoms with van der Waals surface area (Å²) in [6.45, 7) is 3.96. The van der Waals surface area contributed by atoms with Crippen LogP contribution in [0.5, 0.6) is 5.75 Å². The van der Waals surface area contributed by atoms with Gasteiger partial charge in [0, 0.05) is 0 Å². The Hall–Kier alpha value is -1.99. The molecule has 3 rings (SSSR count). The maximum absolute atomic E-state index is 12.7. The Morgan fingerprint density at radius 3 is 2.79 bits per heavy atom. The summed E-state index contributed by atoms with van der Waals surface area (Å²) in [5.41, 5.74) is 1.93. The zero-order chi connectivity index (χ0) is 17.3. The standard InChI is InChI=1S/C17H17N3O2S2/c1-4-13-19-20-17(24-13)14-15(21)12(23-16(14)18)8-10-5-6-11(22-3)9(2)7-10/h5-8,14,18H,4H2,1-3H3/b12-8-,18-16?/t14-/m1/s1. The lowest BCUT2D eigenvalue weighted by Crippen LogP contribution is -2.11. The van der Waals surface area contributed by atoms with Gasteiger partial charge in [-0.1, -0.05) is 24.8 Å². The number of ketones is 1. The summed E-state index contributed by atoms with van der Waals surface area (Å²) in [6.07, 6.45) is 2.61. The van der Waals surface area contributed by atoms with E-state index in [1.54, 1.807) is 7.11 Å².